The van der Waals surface area contributed by atoms with E-state index in [0.717, 1.165) is 5.56 Å². The van der Waals surface area contributed by atoms with Crippen molar-refractivity contribution in [3.8, 4) is 0 Å². The van der Waals surface area contributed by atoms with E-state index in [2.05, 4.69) is 0 Å². The third-order valence-corrected chi connectivity index (χ3v) is 3.31. The van der Waals surface area contributed by atoms with E-state index < -0.39 is 0 Å². The molecule has 1 amide bonds. The van der Waals surface area contributed by atoms with E-state index in [4.69, 9.17) is 10.5 Å². The van der Waals surface area contributed by atoms with Gasteiger partial charge < -0.3 is 15.4 Å². The number of halogens is 1. The number of nitrogens with two attached hydrogens (primary N) is 1. The topological polar surface area (TPSA) is 55.6 Å². The second-order valence-corrected chi connectivity index (χ2v) is 4.73. The lowest BCUT2D eigenvalue weighted by atomic mass is 10.0. The van der Waals surface area contributed by atoms with E-state index in [1.165, 1.54) is 0 Å². The monoisotopic (exact) mass is 284 g/mol. The minimum atomic E-state index is -0.228. The van der Waals surface area contributed by atoms with Crippen LogP contribution in [0.3, 0.4) is 0 Å². The predicted molar refractivity (Wildman–Crippen MR) is 77.2 cm³/mol. The molecular weight excluding hydrogens is 264 g/mol. The van der Waals surface area contributed by atoms with Crippen molar-refractivity contribution in [3.05, 3.63) is 35.9 Å². The minimum Gasteiger partial charge on any atom is -0.377 e. The molecule has 2 atom stereocenters. The molecule has 1 heterocycles. The zero-order valence-corrected chi connectivity index (χ0v) is 11.9. The van der Waals surface area contributed by atoms with Crippen LogP contribution >= 0.6 is 12.4 Å². The summed E-state index contributed by atoms with van der Waals surface area (Å²) in [5.41, 5.74) is 7.08. The molecular formula is C14H21ClN2O2. The Balaban J connectivity index is 0.00000180. The fraction of sp³-hybridized carbons (Fsp3) is 0.500. The van der Waals surface area contributed by atoms with Gasteiger partial charge in [0.15, 0.2) is 0 Å². The fourth-order valence-electron chi connectivity index (χ4n) is 2.22. The Morgan fingerprint density at radius 1 is 1.47 bits per heavy atom. The average Bonchev–Trinajstić information content (AvgIpc) is 2.40. The average molecular weight is 285 g/mol. The van der Waals surface area contributed by atoms with Gasteiger partial charge in [0.2, 0.25) is 5.91 Å². The summed E-state index contributed by atoms with van der Waals surface area (Å²) in [6.07, 6.45) is 0.356. The third kappa shape index (κ3) is 4.20. The van der Waals surface area contributed by atoms with Crippen molar-refractivity contribution in [3.63, 3.8) is 0 Å². The number of hydrogen-bond donors (Lipinski definition) is 1. The summed E-state index contributed by atoms with van der Waals surface area (Å²) < 4.78 is 5.33. The van der Waals surface area contributed by atoms with Gasteiger partial charge in [0.25, 0.3) is 0 Å². The van der Waals surface area contributed by atoms with Gasteiger partial charge in [-0.05, 0) is 12.5 Å². The van der Waals surface area contributed by atoms with Gasteiger partial charge in [0.05, 0.1) is 19.3 Å². The lowest BCUT2D eigenvalue weighted by Gasteiger charge is -2.34. The van der Waals surface area contributed by atoms with Crippen molar-refractivity contribution >= 4 is 18.3 Å². The highest BCUT2D eigenvalue weighted by Gasteiger charge is 2.25. The van der Waals surface area contributed by atoms with Crippen LogP contribution in [0.2, 0.25) is 0 Å². The zero-order valence-electron chi connectivity index (χ0n) is 11.1. The number of hydrogen-bond acceptors (Lipinski definition) is 3. The largest absolute Gasteiger partial charge is 0.377 e. The van der Waals surface area contributed by atoms with Gasteiger partial charge in [-0.2, -0.15) is 0 Å². The molecule has 2 unspecified atom stereocenters. The zero-order chi connectivity index (χ0) is 13.0. The SMILES string of the molecule is CC1COCCN1C(=O)CC(N)c1ccccc1.Cl. The van der Waals surface area contributed by atoms with E-state index in [1.807, 2.05) is 42.2 Å². The normalized spacial score (nSPS) is 20.5. The Morgan fingerprint density at radius 2 is 2.16 bits per heavy atom. The van der Waals surface area contributed by atoms with Crippen molar-refractivity contribution in [1.82, 2.24) is 4.90 Å². The standard InChI is InChI=1S/C14H20N2O2.ClH/c1-11-10-18-8-7-16(11)14(17)9-13(15)12-5-3-2-4-6-12;/h2-6,11,13H,7-10,15H2,1H3;1H. The molecule has 2 N–H and O–H groups in total. The molecule has 106 valence electrons. The molecule has 0 aromatic heterocycles. The summed E-state index contributed by atoms with van der Waals surface area (Å²) in [4.78, 5) is 14.0. The van der Waals surface area contributed by atoms with Gasteiger partial charge in [-0.1, -0.05) is 30.3 Å². The second-order valence-electron chi connectivity index (χ2n) is 4.73. The lowest BCUT2D eigenvalue weighted by molar-refractivity contribution is -0.139. The van der Waals surface area contributed by atoms with E-state index in [1.54, 1.807) is 0 Å². The molecule has 0 bridgehead atoms. The minimum absolute atomic E-state index is 0. The van der Waals surface area contributed by atoms with E-state index in [0.29, 0.717) is 26.2 Å². The van der Waals surface area contributed by atoms with Gasteiger partial charge in [-0.15, -0.1) is 12.4 Å². The van der Waals surface area contributed by atoms with Gasteiger partial charge >= 0.3 is 0 Å². The first-order chi connectivity index (χ1) is 8.68. The van der Waals surface area contributed by atoms with Crippen molar-refractivity contribution in [2.45, 2.75) is 25.4 Å². The fourth-order valence-corrected chi connectivity index (χ4v) is 2.22. The maximum Gasteiger partial charge on any atom is 0.224 e. The van der Waals surface area contributed by atoms with Crippen LogP contribution < -0.4 is 5.73 Å². The first-order valence-corrected chi connectivity index (χ1v) is 6.36. The van der Waals surface area contributed by atoms with Gasteiger partial charge in [-0.3, -0.25) is 4.79 Å². The number of rotatable bonds is 3. The molecule has 0 saturated carbocycles. The van der Waals surface area contributed by atoms with Crippen molar-refractivity contribution in [2.75, 3.05) is 19.8 Å². The predicted octanol–water partition coefficient (Wildman–Crippen LogP) is 1.75. The summed E-state index contributed by atoms with van der Waals surface area (Å²) in [5, 5.41) is 0. The van der Waals surface area contributed by atoms with Crippen LogP contribution in [0.5, 0.6) is 0 Å². The molecule has 0 radical (unpaired) electrons. The van der Waals surface area contributed by atoms with E-state index >= 15 is 0 Å². The molecule has 1 aromatic rings. The van der Waals surface area contributed by atoms with E-state index in [9.17, 15) is 4.79 Å². The first kappa shape index (κ1) is 16.0. The summed E-state index contributed by atoms with van der Waals surface area (Å²) >= 11 is 0. The maximum absolute atomic E-state index is 12.2. The number of nitrogens with zero attached hydrogens (tertiary/aromatic N) is 1. The summed E-state index contributed by atoms with van der Waals surface area (Å²) in [5.74, 6) is 0.113. The smallest absolute Gasteiger partial charge is 0.224 e. The molecule has 2 rings (SSSR count). The molecule has 5 heteroatoms. The van der Waals surface area contributed by atoms with Crippen LogP contribution in [0.25, 0.3) is 0 Å². The molecule has 1 saturated heterocycles. The van der Waals surface area contributed by atoms with Gasteiger partial charge in [0, 0.05) is 19.0 Å². The summed E-state index contributed by atoms with van der Waals surface area (Å²) in [6, 6.07) is 9.67. The summed E-state index contributed by atoms with van der Waals surface area (Å²) in [6.45, 7) is 3.91. The molecule has 1 aliphatic rings. The molecule has 19 heavy (non-hydrogen) atoms. The Kier molecular flexibility index (Phi) is 6.28. The highest BCUT2D eigenvalue weighted by atomic mass is 35.5. The molecule has 0 spiro atoms. The Hall–Kier alpha value is -1.10. The van der Waals surface area contributed by atoms with Crippen LogP contribution in [0.4, 0.5) is 0 Å². The highest BCUT2D eigenvalue weighted by Crippen LogP contribution is 2.16. The van der Waals surface area contributed by atoms with Gasteiger partial charge in [0.1, 0.15) is 0 Å². The van der Waals surface area contributed by atoms with Crippen LogP contribution in [0.1, 0.15) is 24.9 Å². The Morgan fingerprint density at radius 3 is 2.79 bits per heavy atom. The molecule has 0 aliphatic carbocycles. The summed E-state index contributed by atoms with van der Waals surface area (Å²) in [7, 11) is 0. The number of morpholine rings is 1. The number of carbonyl (C=O) groups excluding carboxylic acids is 1. The van der Waals surface area contributed by atoms with Crippen LogP contribution in [0, 0.1) is 0 Å². The first-order valence-electron chi connectivity index (χ1n) is 6.36. The Bertz CT molecular complexity index is 400. The molecule has 4 nitrogen and oxygen atoms in total. The van der Waals surface area contributed by atoms with Crippen molar-refractivity contribution in [1.29, 1.82) is 0 Å². The molecule has 1 aromatic carbocycles. The lowest BCUT2D eigenvalue weighted by Crippen LogP contribution is -2.47. The second kappa shape index (κ2) is 7.48. The van der Waals surface area contributed by atoms with Crippen LogP contribution in [-0.4, -0.2) is 36.6 Å². The van der Waals surface area contributed by atoms with Crippen LogP contribution in [0.15, 0.2) is 30.3 Å². The number of carbonyl (C=O) groups is 1. The molecule has 1 aliphatic heterocycles. The number of ether oxygens (including phenoxy) is 1. The Labute approximate surface area is 120 Å². The van der Waals surface area contributed by atoms with Gasteiger partial charge in [-0.25, -0.2) is 0 Å². The third-order valence-electron chi connectivity index (χ3n) is 3.31. The van der Waals surface area contributed by atoms with E-state index in [-0.39, 0.29) is 30.4 Å². The highest BCUT2D eigenvalue weighted by molar-refractivity contribution is 5.85. The number of benzene rings is 1. The number of amides is 1. The van der Waals surface area contributed by atoms with Crippen molar-refractivity contribution < 1.29 is 9.53 Å². The molecule has 1 fully saturated rings. The quantitative estimate of drug-likeness (QED) is 0.920. The van der Waals surface area contributed by atoms with Crippen molar-refractivity contribution in [2.24, 2.45) is 5.73 Å². The van der Waals surface area contributed by atoms with Crippen LogP contribution in [-0.2, 0) is 9.53 Å². The maximum atomic E-state index is 12.2.